The van der Waals surface area contributed by atoms with Crippen LogP contribution in [0.3, 0.4) is 0 Å². The fourth-order valence-corrected chi connectivity index (χ4v) is 3.84. The Bertz CT molecular complexity index is 813. The van der Waals surface area contributed by atoms with Crippen LogP contribution in [0.2, 0.25) is 0 Å². The minimum Gasteiger partial charge on any atom is -0.353 e. The van der Waals surface area contributed by atoms with Crippen molar-refractivity contribution in [3.05, 3.63) is 18.2 Å². The van der Waals surface area contributed by atoms with E-state index in [0.29, 0.717) is 12.2 Å². The number of aryl methyl sites for hydroxylation is 1. The predicted molar refractivity (Wildman–Crippen MR) is 91.2 cm³/mol. The van der Waals surface area contributed by atoms with Crippen molar-refractivity contribution in [2.24, 2.45) is 5.92 Å². The van der Waals surface area contributed by atoms with Crippen molar-refractivity contribution in [2.75, 3.05) is 31.1 Å². The Kier molecular flexibility index (Phi) is 4.24. The third kappa shape index (κ3) is 3.10. The molecule has 0 radical (unpaired) electrons. The first-order chi connectivity index (χ1) is 12.4. The molecule has 1 atom stereocenters. The van der Waals surface area contributed by atoms with Gasteiger partial charge in [-0.25, -0.2) is 13.8 Å². The van der Waals surface area contributed by atoms with E-state index in [1.807, 2.05) is 17.5 Å². The van der Waals surface area contributed by atoms with Gasteiger partial charge in [-0.2, -0.15) is 0 Å². The predicted octanol–water partition coefficient (Wildman–Crippen LogP) is 1.91. The van der Waals surface area contributed by atoms with Crippen LogP contribution < -0.4 is 4.90 Å². The van der Waals surface area contributed by atoms with Gasteiger partial charge in [0.05, 0.1) is 5.92 Å². The number of hydrogen-bond donors (Lipinski definition) is 0. The summed E-state index contributed by atoms with van der Waals surface area (Å²) in [6.07, 6.45) is 4.67. The highest BCUT2D eigenvalue weighted by Crippen LogP contribution is 2.30. The third-order valence-corrected chi connectivity index (χ3v) is 5.36. The number of piperidine rings is 2. The van der Waals surface area contributed by atoms with Crippen LogP contribution in [0.5, 0.6) is 0 Å². The van der Waals surface area contributed by atoms with Gasteiger partial charge in [0.2, 0.25) is 11.6 Å². The Morgan fingerprint density at radius 1 is 1.23 bits per heavy atom. The number of fused-ring (bicyclic) bond motifs is 1. The summed E-state index contributed by atoms with van der Waals surface area (Å²) in [5.74, 6) is -1.35. The molecule has 2 aromatic heterocycles. The SMILES string of the molecule is Cc1nnc2c(N3CCCC(C(=O)N4CCC(F)(F)CC4)C3)nccn12. The molecule has 2 aliphatic heterocycles. The van der Waals surface area contributed by atoms with E-state index in [-0.39, 0.29) is 37.8 Å². The molecule has 0 saturated carbocycles. The van der Waals surface area contributed by atoms with Gasteiger partial charge in [-0.3, -0.25) is 9.20 Å². The summed E-state index contributed by atoms with van der Waals surface area (Å²) in [4.78, 5) is 20.9. The van der Waals surface area contributed by atoms with E-state index in [1.54, 1.807) is 11.1 Å². The van der Waals surface area contributed by atoms with Gasteiger partial charge in [0.1, 0.15) is 5.82 Å². The Morgan fingerprint density at radius 2 is 2.00 bits per heavy atom. The van der Waals surface area contributed by atoms with Gasteiger partial charge in [-0.05, 0) is 19.8 Å². The van der Waals surface area contributed by atoms with Crippen molar-refractivity contribution in [1.29, 1.82) is 0 Å². The highest BCUT2D eigenvalue weighted by Gasteiger charge is 2.38. The first-order valence-corrected chi connectivity index (χ1v) is 9.02. The van der Waals surface area contributed by atoms with Crippen LogP contribution in [0.25, 0.3) is 5.65 Å². The molecule has 0 spiro atoms. The highest BCUT2D eigenvalue weighted by atomic mass is 19.3. The van der Waals surface area contributed by atoms with Gasteiger partial charge in [0, 0.05) is 51.4 Å². The van der Waals surface area contributed by atoms with Gasteiger partial charge in [0.25, 0.3) is 5.92 Å². The van der Waals surface area contributed by atoms with Gasteiger partial charge < -0.3 is 9.80 Å². The fraction of sp³-hybridized carbons (Fsp3) is 0.647. The van der Waals surface area contributed by atoms with E-state index < -0.39 is 5.92 Å². The summed E-state index contributed by atoms with van der Waals surface area (Å²) < 4.78 is 28.6. The monoisotopic (exact) mass is 364 g/mol. The standard InChI is InChI=1S/C17H22F2N6O/c1-12-21-22-15-14(20-6-10-25(12)15)24-7-2-3-13(11-24)16(26)23-8-4-17(18,19)5-9-23/h6,10,13H,2-5,7-9,11H2,1H3. The number of hydrogen-bond acceptors (Lipinski definition) is 5. The Morgan fingerprint density at radius 3 is 2.77 bits per heavy atom. The summed E-state index contributed by atoms with van der Waals surface area (Å²) >= 11 is 0. The Labute approximate surface area is 150 Å². The molecule has 1 unspecified atom stereocenters. The van der Waals surface area contributed by atoms with Crippen LogP contribution >= 0.6 is 0 Å². The average Bonchev–Trinajstić information content (AvgIpc) is 3.03. The van der Waals surface area contributed by atoms with E-state index in [4.69, 9.17) is 0 Å². The molecule has 4 heterocycles. The maximum atomic E-state index is 13.3. The summed E-state index contributed by atoms with van der Waals surface area (Å²) in [7, 11) is 0. The van der Waals surface area contributed by atoms with Gasteiger partial charge in [0.15, 0.2) is 5.82 Å². The van der Waals surface area contributed by atoms with E-state index in [0.717, 1.165) is 31.0 Å². The van der Waals surface area contributed by atoms with Gasteiger partial charge in [-0.1, -0.05) is 0 Å². The second-order valence-corrected chi connectivity index (χ2v) is 7.16. The summed E-state index contributed by atoms with van der Waals surface area (Å²) in [5.41, 5.74) is 0.677. The van der Waals surface area contributed by atoms with Crippen LogP contribution in [-0.4, -0.2) is 62.5 Å². The van der Waals surface area contributed by atoms with Crippen molar-refractivity contribution in [1.82, 2.24) is 24.5 Å². The second kappa shape index (κ2) is 6.44. The van der Waals surface area contributed by atoms with Gasteiger partial charge in [-0.15, -0.1) is 10.2 Å². The van der Waals surface area contributed by atoms with E-state index >= 15 is 0 Å². The first-order valence-electron chi connectivity index (χ1n) is 9.02. The number of halogens is 2. The fourth-order valence-electron chi connectivity index (χ4n) is 3.84. The topological polar surface area (TPSA) is 66.6 Å². The number of carbonyl (C=O) groups excluding carboxylic acids is 1. The molecule has 2 aromatic rings. The lowest BCUT2D eigenvalue weighted by molar-refractivity contribution is -0.141. The smallest absolute Gasteiger partial charge is 0.251 e. The first kappa shape index (κ1) is 17.1. The molecular formula is C17H22F2N6O. The highest BCUT2D eigenvalue weighted by molar-refractivity contribution is 5.80. The van der Waals surface area contributed by atoms with E-state index in [1.165, 1.54) is 0 Å². The lowest BCUT2D eigenvalue weighted by Gasteiger charge is -2.38. The molecular weight excluding hydrogens is 342 g/mol. The second-order valence-electron chi connectivity index (χ2n) is 7.16. The van der Waals surface area contributed by atoms with Crippen molar-refractivity contribution in [3.8, 4) is 0 Å². The number of carbonyl (C=O) groups is 1. The summed E-state index contributed by atoms with van der Waals surface area (Å²) in [6.45, 7) is 3.47. The van der Waals surface area contributed by atoms with Crippen LogP contribution in [0.15, 0.2) is 12.4 Å². The van der Waals surface area contributed by atoms with E-state index in [2.05, 4.69) is 20.1 Å². The van der Waals surface area contributed by atoms with Crippen LogP contribution in [0.4, 0.5) is 14.6 Å². The quantitative estimate of drug-likeness (QED) is 0.814. The van der Waals surface area contributed by atoms with Crippen molar-refractivity contribution in [2.45, 2.75) is 38.5 Å². The summed E-state index contributed by atoms with van der Waals surface area (Å²) in [5, 5.41) is 8.29. The number of aromatic nitrogens is 4. The number of anilines is 1. The lowest BCUT2D eigenvalue weighted by atomic mass is 9.95. The molecule has 7 nitrogen and oxygen atoms in total. The molecule has 0 N–H and O–H groups in total. The van der Waals surface area contributed by atoms with Crippen molar-refractivity contribution in [3.63, 3.8) is 0 Å². The van der Waals surface area contributed by atoms with Crippen LogP contribution in [0, 0.1) is 12.8 Å². The number of likely N-dealkylation sites (tertiary alicyclic amines) is 1. The number of rotatable bonds is 2. The van der Waals surface area contributed by atoms with Crippen molar-refractivity contribution >= 4 is 17.4 Å². The zero-order valence-corrected chi connectivity index (χ0v) is 14.7. The molecule has 0 aliphatic carbocycles. The molecule has 140 valence electrons. The molecule has 0 bridgehead atoms. The minimum absolute atomic E-state index is 0.0187. The molecule has 2 aliphatic rings. The minimum atomic E-state index is -2.64. The zero-order valence-electron chi connectivity index (χ0n) is 14.7. The number of amides is 1. The molecule has 26 heavy (non-hydrogen) atoms. The van der Waals surface area contributed by atoms with Crippen LogP contribution in [-0.2, 0) is 4.79 Å². The van der Waals surface area contributed by atoms with Crippen molar-refractivity contribution < 1.29 is 13.6 Å². The molecule has 0 aromatic carbocycles. The largest absolute Gasteiger partial charge is 0.353 e. The number of nitrogens with zero attached hydrogens (tertiary/aromatic N) is 6. The maximum absolute atomic E-state index is 13.3. The van der Waals surface area contributed by atoms with Crippen LogP contribution in [0.1, 0.15) is 31.5 Å². The lowest BCUT2D eigenvalue weighted by Crippen LogP contribution is -2.49. The number of alkyl halides is 2. The Balaban J connectivity index is 1.50. The van der Waals surface area contributed by atoms with Gasteiger partial charge >= 0.3 is 0 Å². The molecule has 4 rings (SSSR count). The summed E-state index contributed by atoms with van der Waals surface area (Å²) in [6, 6.07) is 0. The molecule has 9 heteroatoms. The third-order valence-electron chi connectivity index (χ3n) is 5.36. The Hall–Kier alpha value is -2.32. The molecule has 2 saturated heterocycles. The normalized spacial score (nSPS) is 23.4. The molecule has 1 amide bonds. The maximum Gasteiger partial charge on any atom is 0.251 e. The van der Waals surface area contributed by atoms with E-state index in [9.17, 15) is 13.6 Å². The zero-order chi connectivity index (χ0) is 18.3. The molecule has 2 fully saturated rings. The average molecular weight is 364 g/mol.